The second kappa shape index (κ2) is 9.02. The molecule has 13 heteroatoms. The zero-order chi connectivity index (χ0) is 26.6. The van der Waals surface area contributed by atoms with E-state index in [9.17, 15) is 18.0 Å². The van der Waals surface area contributed by atoms with Crippen molar-refractivity contribution in [3.05, 3.63) is 64.3 Å². The average molecular weight is 536 g/mol. The second-order valence-electron chi connectivity index (χ2n) is 9.09. The van der Waals surface area contributed by atoms with Gasteiger partial charge in [0.25, 0.3) is 0 Å². The first-order valence-electron chi connectivity index (χ1n) is 11.5. The molecule has 3 aromatic heterocycles. The van der Waals surface area contributed by atoms with Gasteiger partial charge in [0.1, 0.15) is 34.4 Å². The molecule has 37 heavy (non-hydrogen) atoms. The lowest BCUT2D eigenvalue weighted by Gasteiger charge is -2.27. The van der Waals surface area contributed by atoms with Crippen LogP contribution in [0, 0.1) is 12.7 Å². The summed E-state index contributed by atoms with van der Waals surface area (Å²) in [6, 6.07) is 6.42. The lowest BCUT2D eigenvalue weighted by Crippen LogP contribution is -2.37. The van der Waals surface area contributed by atoms with Crippen LogP contribution in [-0.4, -0.2) is 35.2 Å². The molecule has 0 radical (unpaired) electrons. The first-order chi connectivity index (χ1) is 17.4. The fourth-order valence-electron chi connectivity index (χ4n) is 4.40. The van der Waals surface area contributed by atoms with Crippen molar-refractivity contribution < 1.29 is 22.4 Å². The number of amides is 1. The highest BCUT2D eigenvalue weighted by Crippen LogP contribution is 2.35. The number of benzene rings is 1. The number of carbonyl (C=O) groups is 1. The molecular weight excluding hydrogens is 514 g/mol. The number of nitrogens with zero attached hydrogens (tertiary/aromatic N) is 7. The molecule has 0 aliphatic carbocycles. The number of alkyl halides is 3. The van der Waals surface area contributed by atoms with E-state index in [1.807, 2.05) is 13.8 Å². The van der Waals surface area contributed by atoms with Gasteiger partial charge in [0.15, 0.2) is 0 Å². The Balaban J connectivity index is 1.48. The molecule has 0 spiro atoms. The van der Waals surface area contributed by atoms with Crippen molar-refractivity contribution in [2.24, 2.45) is 0 Å². The van der Waals surface area contributed by atoms with Crippen LogP contribution in [0.15, 0.2) is 36.5 Å². The van der Waals surface area contributed by atoms with Gasteiger partial charge in [-0.1, -0.05) is 17.7 Å². The molecule has 4 heterocycles. The molecule has 1 aliphatic rings. The van der Waals surface area contributed by atoms with Gasteiger partial charge in [0, 0.05) is 18.5 Å². The predicted molar refractivity (Wildman–Crippen MR) is 128 cm³/mol. The molecule has 0 atom stereocenters. The lowest BCUT2D eigenvalue weighted by atomic mass is 10.1. The van der Waals surface area contributed by atoms with E-state index in [0.717, 1.165) is 12.1 Å². The molecule has 1 aromatic carbocycles. The largest absolute Gasteiger partial charge is 0.433 e. The molecule has 194 valence electrons. The van der Waals surface area contributed by atoms with Crippen LogP contribution in [-0.2, 0) is 24.1 Å². The van der Waals surface area contributed by atoms with E-state index >= 15 is 4.39 Å². The minimum atomic E-state index is -4.70. The zero-order valence-electron chi connectivity index (χ0n) is 20.1. The van der Waals surface area contributed by atoms with Crippen molar-refractivity contribution in [3.63, 3.8) is 0 Å². The first kappa shape index (κ1) is 25.0. The van der Waals surface area contributed by atoms with E-state index in [2.05, 4.69) is 15.3 Å². The number of hydrogen-bond donors (Lipinski definition) is 0. The highest BCUT2D eigenvalue weighted by atomic mass is 35.5. The topological polar surface area (TPSA) is 73.8 Å². The number of rotatable bonds is 5. The summed E-state index contributed by atoms with van der Waals surface area (Å²) < 4.78 is 59.2. The maximum absolute atomic E-state index is 15.0. The van der Waals surface area contributed by atoms with Gasteiger partial charge in [-0.05, 0) is 44.5 Å². The number of halogens is 5. The van der Waals surface area contributed by atoms with Crippen molar-refractivity contribution in [2.45, 2.75) is 52.5 Å². The number of aromatic nitrogens is 6. The maximum Gasteiger partial charge on any atom is 0.433 e. The standard InChI is InChI=1S/C24H22ClF4N7O/c1-13(2)35-23(16(25)11-30-35)18-10-21-33(22(37)6-7-34(21)32-18)12-15-4-5-19(17(26)9-15)36-20(24(27,28)29)8-14(3)31-36/h4-5,8-11,13H,6-7,12H2,1-3H3. The van der Waals surface area contributed by atoms with Crippen LogP contribution >= 0.6 is 11.6 Å². The monoisotopic (exact) mass is 535 g/mol. The molecule has 0 unspecified atom stereocenters. The average Bonchev–Trinajstić information content (AvgIpc) is 3.51. The van der Waals surface area contributed by atoms with E-state index in [1.165, 1.54) is 30.2 Å². The van der Waals surface area contributed by atoms with Crippen molar-refractivity contribution in [3.8, 4) is 17.1 Å². The fourth-order valence-corrected chi connectivity index (χ4v) is 4.63. The summed E-state index contributed by atoms with van der Waals surface area (Å²) in [5, 5.41) is 13.2. The highest BCUT2D eigenvalue weighted by Gasteiger charge is 2.36. The first-order valence-corrected chi connectivity index (χ1v) is 11.9. The minimum Gasteiger partial charge on any atom is -0.292 e. The van der Waals surface area contributed by atoms with E-state index in [-0.39, 0.29) is 36.3 Å². The van der Waals surface area contributed by atoms with E-state index in [4.69, 9.17) is 11.6 Å². The number of fused-ring (bicyclic) bond motifs is 1. The fraction of sp³-hybridized carbons (Fsp3) is 0.333. The Labute approximate surface area is 214 Å². The SMILES string of the molecule is Cc1cc(C(F)(F)F)n(-c2ccc(CN3C(=O)CCn4nc(-c5c(Cl)cnn5C(C)C)cc43)cc2F)n1. The third kappa shape index (κ3) is 4.50. The van der Waals surface area contributed by atoms with Gasteiger partial charge in [-0.25, -0.2) is 13.8 Å². The van der Waals surface area contributed by atoms with Gasteiger partial charge in [-0.3, -0.25) is 14.4 Å². The summed E-state index contributed by atoms with van der Waals surface area (Å²) in [6.07, 6.45) is -2.97. The number of aryl methyl sites for hydroxylation is 2. The highest BCUT2D eigenvalue weighted by molar-refractivity contribution is 6.33. The van der Waals surface area contributed by atoms with Crippen LogP contribution in [0.4, 0.5) is 23.4 Å². The third-order valence-electron chi connectivity index (χ3n) is 6.06. The van der Waals surface area contributed by atoms with E-state index in [1.54, 1.807) is 15.4 Å². The Bertz CT molecular complexity index is 1500. The van der Waals surface area contributed by atoms with Crippen molar-refractivity contribution in [1.29, 1.82) is 0 Å². The molecular formula is C24H22ClF4N7O. The molecule has 0 N–H and O–H groups in total. The normalized spacial score (nSPS) is 14.1. The Morgan fingerprint density at radius 2 is 1.89 bits per heavy atom. The summed E-state index contributed by atoms with van der Waals surface area (Å²) in [5.74, 6) is -0.573. The lowest BCUT2D eigenvalue weighted by molar-refractivity contribution is -0.142. The molecule has 0 bridgehead atoms. The minimum absolute atomic E-state index is 0.00258. The summed E-state index contributed by atoms with van der Waals surface area (Å²) in [7, 11) is 0. The Kier molecular flexibility index (Phi) is 6.09. The van der Waals surface area contributed by atoms with Crippen LogP contribution in [0.2, 0.25) is 5.02 Å². The van der Waals surface area contributed by atoms with Crippen molar-refractivity contribution >= 4 is 23.3 Å². The van der Waals surface area contributed by atoms with Gasteiger partial charge >= 0.3 is 6.18 Å². The molecule has 5 rings (SSSR count). The van der Waals surface area contributed by atoms with Gasteiger partial charge in [-0.15, -0.1) is 0 Å². The summed E-state index contributed by atoms with van der Waals surface area (Å²) >= 11 is 6.37. The second-order valence-corrected chi connectivity index (χ2v) is 9.49. The van der Waals surface area contributed by atoms with Crippen LogP contribution < -0.4 is 4.90 Å². The molecule has 0 saturated heterocycles. The van der Waals surface area contributed by atoms with Crippen LogP contribution in [0.5, 0.6) is 0 Å². The van der Waals surface area contributed by atoms with Crippen LogP contribution in [0.3, 0.4) is 0 Å². The van der Waals surface area contributed by atoms with Crippen LogP contribution in [0.25, 0.3) is 17.1 Å². The Morgan fingerprint density at radius 1 is 1.14 bits per heavy atom. The number of anilines is 1. The molecule has 1 aliphatic heterocycles. The molecule has 4 aromatic rings. The Hall–Kier alpha value is -3.67. The van der Waals surface area contributed by atoms with Crippen molar-refractivity contribution in [1.82, 2.24) is 29.3 Å². The zero-order valence-corrected chi connectivity index (χ0v) is 20.8. The van der Waals surface area contributed by atoms with Gasteiger partial charge < -0.3 is 0 Å². The van der Waals surface area contributed by atoms with Gasteiger partial charge in [0.05, 0.1) is 30.0 Å². The van der Waals surface area contributed by atoms with Gasteiger partial charge in [-0.2, -0.15) is 28.5 Å². The summed E-state index contributed by atoms with van der Waals surface area (Å²) in [5.41, 5.74) is 0.264. The summed E-state index contributed by atoms with van der Waals surface area (Å²) in [6.45, 7) is 5.68. The maximum atomic E-state index is 15.0. The number of hydrogen-bond acceptors (Lipinski definition) is 4. The molecule has 0 fully saturated rings. The van der Waals surface area contributed by atoms with E-state index in [0.29, 0.717) is 39.0 Å². The van der Waals surface area contributed by atoms with Crippen molar-refractivity contribution in [2.75, 3.05) is 4.90 Å². The molecule has 1 amide bonds. The molecule has 0 saturated carbocycles. The predicted octanol–water partition coefficient (Wildman–Crippen LogP) is 5.57. The molecule has 8 nitrogen and oxygen atoms in total. The Morgan fingerprint density at radius 3 is 2.57 bits per heavy atom. The number of carbonyl (C=O) groups excluding carboxylic acids is 1. The van der Waals surface area contributed by atoms with Crippen LogP contribution in [0.1, 0.15) is 43.3 Å². The van der Waals surface area contributed by atoms with E-state index < -0.39 is 17.7 Å². The smallest absolute Gasteiger partial charge is 0.292 e. The quantitative estimate of drug-likeness (QED) is 0.313. The van der Waals surface area contributed by atoms with Gasteiger partial charge in [0.2, 0.25) is 5.91 Å². The third-order valence-corrected chi connectivity index (χ3v) is 6.34. The summed E-state index contributed by atoms with van der Waals surface area (Å²) in [4.78, 5) is 14.3.